The van der Waals surface area contributed by atoms with Crippen LogP contribution in [0.5, 0.6) is 0 Å². The largest absolute Gasteiger partial charge is 0.393 e. The summed E-state index contributed by atoms with van der Waals surface area (Å²) in [6.45, 7) is 3.67. The number of hydrogen-bond donors (Lipinski definition) is 1. The molecule has 0 aliphatic rings. The molecule has 1 aromatic carbocycles. The summed E-state index contributed by atoms with van der Waals surface area (Å²) in [7, 11) is 2.06. The van der Waals surface area contributed by atoms with Crippen LogP contribution in [0.25, 0.3) is 11.4 Å². The summed E-state index contributed by atoms with van der Waals surface area (Å²) in [5.74, 6) is 1.32. The van der Waals surface area contributed by atoms with Gasteiger partial charge in [-0.2, -0.15) is 4.98 Å². The molecule has 1 aromatic heterocycles. The molecule has 2 rings (SSSR count). The van der Waals surface area contributed by atoms with Crippen molar-refractivity contribution in [2.24, 2.45) is 0 Å². The first-order valence-electron chi connectivity index (χ1n) is 7.40. The number of aryl methyl sites for hydroxylation is 1. The van der Waals surface area contributed by atoms with Crippen LogP contribution in [-0.4, -0.2) is 46.4 Å². The van der Waals surface area contributed by atoms with E-state index in [0.717, 1.165) is 37.9 Å². The van der Waals surface area contributed by atoms with Gasteiger partial charge in [-0.1, -0.05) is 35.5 Å². The highest BCUT2D eigenvalue weighted by Gasteiger charge is 2.08. The Labute approximate surface area is 125 Å². The van der Waals surface area contributed by atoms with Gasteiger partial charge in [0.1, 0.15) is 0 Å². The molecule has 0 bridgehead atoms. The fourth-order valence-electron chi connectivity index (χ4n) is 2.08. The van der Waals surface area contributed by atoms with E-state index >= 15 is 0 Å². The Morgan fingerprint density at radius 1 is 1.24 bits per heavy atom. The number of aliphatic hydroxyl groups excluding tert-OH is 1. The number of hydrogen-bond acceptors (Lipinski definition) is 5. The minimum absolute atomic E-state index is 0.239. The molecule has 1 unspecified atom stereocenters. The monoisotopic (exact) mass is 289 g/mol. The predicted octanol–water partition coefficient (Wildman–Crippen LogP) is 2.37. The summed E-state index contributed by atoms with van der Waals surface area (Å²) >= 11 is 0. The summed E-state index contributed by atoms with van der Waals surface area (Å²) < 4.78 is 5.28. The minimum atomic E-state index is -0.239. The molecule has 0 fully saturated rings. The van der Waals surface area contributed by atoms with Crippen molar-refractivity contribution in [3.8, 4) is 11.4 Å². The van der Waals surface area contributed by atoms with E-state index in [1.165, 1.54) is 0 Å². The summed E-state index contributed by atoms with van der Waals surface area (Å²) in [5, 5.41) is 13.3. The van der Waals surface area contributed by atoms with Crippen LogP contribution in [0, 0.1) is 0 Å². The second-order valence-electron chi connectivity index (χ2n) is 5.42. The molecule has 114 valence electrons. The third-order valence-corrected chi connectivity index (χ3v) is 3.36. The van der Waals surface area contributed by atoms with E-state index in [4.69, 9.17) is 4.52 Å². The van der Waals surface area contributed by atoms with Crippen LogP contribution in [0.1, 0.15) is 25.7 Å². The summed E-state index contributed by atoms with van der Waals surface area (Å²) in [4.78, 5) is 6.62. The van der Waals surface area contributed by atoms with Crippen LogP contribution in [0.15, 0.2) is 34.9 Å². The lowest BCUT2D eigenvalue weighted by Crippen LogP contribution is -2.23. The molecule has 5 nitrogen and oxygen atoms in total. The van der Waals surface area contributed by atoms with Crippen LogP contribution >= 0.6 is 0 Å². The van der Waals surface area contributed by atoms with E-state index in [1.54, 1.807) is 0 Å². The zero-order valence-electron chi connectivity index (χ0n) is 12.7. The fourth-order valence-corrected chi connectivity index (χ4v) is 2.08. The van der Waals surface area contributed by atoms with Crippen molar-refractivity contribution in [1.82, 2.24) is 15.0 Å². The molecule has 2 aromatic rings. The molecule has 21 heavy (non-hydrogen) atoms. The van der Waals surface area contributed by atoms with Gasteiger partial charge in [0.05, 0.1) is 6.10 Å². The third-order valence-electron chi connectivity index (χ3n) is 3.36. The maximum absolute atomic E-state index is 9.26. The Morgan fingerprint density at radius 2 is 2.00 bits per heavy atom. The van der Waals surface area contributed by atoms with Crippen LogP contribution in [0.2, 0.25) is 0 Å². The highest BCUT2D eigenvalue weighted by molar-refractivity contribution is 5.53. The maximum atomic E-state index is 9.26. The zero-order chi connectivity index (χ0) is 15.1. The Kier molecular flexibility index (Phi) is 5.90. The van der Waals surface area contributed by atoms with Crippen molar-refractivity contribution < 1.29 is 9.63 Å². The van der Waals surface area contributed by atoms with E-state index in [9.17, 15) is 5.11 Å². The first-order chi connectivity index (χ1) is 10.1. The standard InChI is InChI=1S/C16H23N3O2/c1-13(20)10-12-19(2)11-6-9-15-17-16(18-21-15)14-7-4-3-5-8-14/h3-5,7-8,13,20H,6,9-12H2,1-2H3. The molecule has 0 aliphatic carbocycles. The van der Waals surface area contributed by atoms with Crippen molar-refractivity contribution in [3.63, 3.8) is 0 Å². The van der Waals surface area contributed by atoms with Crippen molar-refractivity contribution >= 4 is 0 Å². The number of aliphatic hydroxyl groups is 1. The maximum Gasteiger partial charge on any atom is 0.227 e. The molecule has 5 heteroatoms. The van der Waals surface area contributed by atoms with Gasteiger partial charge in [0.2, 0.25) is 11.7 Å². The van der Waals surface area contributed by atoms with Crippen LogP contribution in [0.3, 0.4) is 0 Å². The molecule has 0 saturated heterocycles. The Hall–Kier alpha value is -1.72. The Balaban J connectivity index is 1.76. The SMILES string of the molecule is CC(O)CCN(C)CCCc1nc(-c2ccccc2)no1. The first-order valence-corrected chi connectivity index (χ1v) is 7.40. The lowest BCUT2D eigenvalue weighted by Gasteiger charge is -2.16. The number of aromatic nitrogens is 2. The van der Waals surface area contributed by atoms with Gasteiger partial charge in [0.15, 0.2) is 0 Å². The quantitative estimate of drug-likeness (QED) is 0.808. The molecular formula is C16H23N3O2. The molecular weight excluding hydrogens is 266 g/mol. The summed E-state index contributed by atoms with van der Waals surface area (Å²) in [5.41, 5.74) is 0.974. The molecule has 0 radical (unpaired) electrons. The van der Waals surface area contributed by atoms with Crippen LogP contribution in [-0.2, 0) is 6.42 Å². The van der Waals surface area contributed by atoms with Gasteiger partial charge in [-0.15, -0.1) is 0 Å². The van der Waals surface area contributed by atoms with Crippen molar-refractivity contribution in [2.45, 2.75) is 32.3 Å². The Morgan fingerprint density at radius 3 is 2.71 bits per heavy atom. The Bertz CT molecular complexity index is 525. The van der Waals surface area contributed by atoms with Gasteiger partial charge in [0.25, 0.3) is 0 Å². The molecule has 1 N–H and O–H groups in total. The van der Waals surface area contributed by atoms with Crippen molar-refractivity contribution in [1.29, 1.82) is 0 Å². The zero-order valence-corrected chi connectivity index (χ0v) is 12.7. The van der Waals surface area contributed by atoms with E-state index in [0.29, 0.717) is 11.7 Å². The smallest absolute Gasteiger partial charge is 0.227 e. The highest BCUT2D eigenvalue weighted by Crippen LogP contribution is 2.15. The molecule has 0 aliphatic heterocycles. The van der Waals surface area contributed by atoms with Gasteiger partial charge in [-0.3, -0.25) is 0 Å². The minimum Gasteiger partial charge on any atom is -0.393 e. The van der Waals surface area contributed by atoms with Gasteiger partial charge in [0, 0.05) is 18.5 Å². The average molecular weight is 289 g/mol. The van der Waals surface area contributed by atoms with Crippen LogP contribution < -0.4 is 0 Å². The number of benzene rings is 1. The molecule has 0 spiro atoms. The molecule has 0 saturated carbocycles. The first kappa shape index (κ1) is 15.7. The second-order valence-corrected chi connectivity index (χ2v) is 5.42. The van der Waals surface area contributed by atoms with E-state index < -0.39 is 0 Å². The number of nitrogens with zero attached hydrogens (tertiary/aromatic N) is 3. The van der Waals surface area contributed by atoms with Gasteiger partial charge >= 0.3 is 0 Å². The summed E-state index contributed by atoms with van der Waals surface area (Å²) in [6, 6.07) is 9.83. The molecule has 1 atom stereocenters. The second kappa shape index (κ2) is 7.90. The van der Waals surface area contributed by atoms with Gasteiger partial charge < -0.3 is 14.5 Å². The van der Waals surface area contributed by atoms with Gasteiger partial charge in [-0.05, 0) is 33.4 Å². The number of rotatable bonds is 8. The lowest BCUT2D eigenvalue weighted by atomic mass is 10.2. The normalized spacial score (nSPS) is 12.8. The van der Waals surface area contributed by atoms with Crippen molar-refractivity contribution in [2.75, 3.05) is 20.1 Å². The molecule has 0 amide bonds. The van der Waals surface area contributed by atoms with Crippen LogP contribution in [0.4, 0.5) is 0 Å². The lowest BCUT2D eigenvalue weighted by molar-refractivity contribution is 0.164. The fraction of sp³-hybridized carbons (Fsp3) is 0.500. The average Bonchev–Trinajstić information content (AvgIpc) is 2.95. The van der Waals surface area contributed by atoms with E-state index in [2.05, 4.69) is 22.1 Å². The van der Waals surface area contributed by atoms with E-state index in [1.807, 2.05) is 37.3 Å². The third kappa shape index (κ3) is 5.28. The summed E-state index contributed by atoms with van der Waals surface area (Å²) in [6.07, 6.45) is 2.30. The van der Waals surface area contributed by atoms with E-state index in [-0.39, 0.29) is 6.10 Å². The molecule has 1 heterocycles. The predicted molar refractivity (Wildman–Crippen MR) is 81.8 cm³/mol. The van der Waals surface area contributed by atoms with Crippen molar-refractivity contribution in [3.05, 3.63) is 36.2 Å². The topological polar surface area (TPSA) is 62.4 Å². The highest BCUT2D eigenvalue weighted by atomic mass is 16.5. The van der Waals surface area contributed by atoms with Gasteiger partial charge in [-0.25, -0.2) is 0 Å².